The standard InChI is InChI=1S/C67H122O6Si/c1-11-13-15-17-19-21-23-25-27-29-31-33-35-37-39-41-54-69-74(10,70-55-42-40-38-36-34-32-30-28-26-24-22-20-18-16-14-12-2)71-57-65(68)72-64-56-61(7)66-63(62(64)8)51-53-67(9,73-66)52-45-50-60(6)49-44-48-59(5)47-43-46-58(3)4/h25-28,56,58-60H,11-24,29-55,57H2,1-10H3/b27-25-,28-26-/t59-,60-,67-/m1/s1. The molecule has 0 radical (unpaired) electrons. The Balaban J connectivity index is 1.82. The summed E-state index contributed by atoms with van der Waals surface area (Å²) in [6.45, 7) is 23.5. The molecule has 0 unspecified atom stereocenters. The van der Waals surface area contributed by atoms with Crippen LogP contribution in [-0.4, -0.2) is 40.2 Å². The molecule has 430 valence electrons. The molecule has 0 aliphatic carbocycles. The molecule has 3 atom stereocenters. The van der Waals surface area contributed by atoms with Crippen molar-refractivity contribution >= 4 is 14.8 Å². The molecule has 0 amide bonds. The molecular formula is C67H122O6Si. The molecule has 1 heterocycles. The first kappa shape index (κ1) is 68.2. The average molecular weight is 1050 g/mol. The van der Waals surface area contributed by atoms with Gasteiger partial charge >= 0.3 is 14.8 Å². The highest BCUT2D eigenvalue weighted by Crippen LogP contribution is 2.43. The van der Waals surface area contributed by atoms with Gasteiger partial charge in [-0.15, -0.1) is 0 Å². The van der Waals surface area contributed by atoms with Crippen LogP contribution >= 0.6 is 0 Å². The third-order valence-electron chi connectivity index (χ3n) is 16.0. The van der Waals surface area contributed by atoms with Gasteiger partial charge in [0.15, 0.2) is 0 Å². The minimum absolute atomic E-state index is 0.177. The van der Waals surface area contributed by atoms with Crippen molar-refractivity contribution in [2.24, 2.45) is 17.8 Å². The molecule has 0 saturated heterocycles. The summed E-state index contributed by atoms with van der Waals surface area (Å²) in [4.78, 5) is 13.5. The molecular weight excluding hydrogens is 929 g/mol. The van der Waals surface area contributed by atoms with Gasteiger partial charge in [-0.1, -0.05) is 226 Å². The van der Waals surface area contributed by atoms with Crippen molar-refractivity contribution in [1.29, 1.82) is 0 Å². The topological polar surface area (TPSA) is 63.2 Å². The lowest BCUT2D eigenvalue weighted by Crippen LogP contribution is -2.45. The molecule has 1 aromatic rings. The Morgan fingerprint density at radius 1 is 0.581 bits per heavy atom. The summed E-state index contributed by atoms with van der Waals surface area (Å²) in [5.74, 6) is 3.59. The van der Waals surface area contributed by atoms with Gasteiger partial charge in [-0.05, 0) is 146 Å². The van der Waals surface area contributed by atoms with E-state index >= 15 is 0 Å². The van der Waals surface area contributed by atoms with Crippen molar-refractivity contribution < 1.29 is 27.5 Å². The number of benzene rings is 1. The van der Waals surface area contributed by atoms with Crippen LogP contribution in [0, 0.1) is 31.6 Å². The van der Waals surface area contributed by atoms with Gasteiger partial charge in [-0.25, -0.2) is 4.79 Å². The second-order valence-corrected chi connectivity index (χ2v) is 26.8. The van der Waals surface area contributed by atoms with Crippen molar-refractivity contribution in [3.8, 4) is 11.5 Å². The van der Waals surface area contributed by atoms with Crippen LogP contribution in [0.25, 0.3) is 0 Å². The molecule has 0 spiro atoms. The molecule has 0 fully saturated rings. The van der Waals surface area contributed by atoms with Crippen LogP contribution in [0.4, 0.5) is 0 Å². The van der Waals surface area contributed by atoms with E-state index in [1.54, 1.807) is 0 Å². The third kappa shape index (κ3) is 34.8. The normalized spacial score (nSPS) is 15.9. The first-order valence-electron chi connectivity index (χ1n) is 32.1. The molecule has 1 aliphatic heterocycles. The number of rotatable bonds is 50. The number of esters is 1. The molecule has 6 nitrogen and oxygen atoms in total. The highest BCUT2D eigenvalue weighted by molar-refractivity contribution is 6.59. The van der Waals surface area contributed by atoms with Crippen LogP contribution in [0.1, 0.15) is 309 Å². The maximum Gasteiger partial charge on any atom is 0.498 e. The lowest BCUT2D eigenvalue weighted by Gasteiger charge is -2.38. The minimum Gasteiger partial charge on any atom is -0.487 e. The maximum absolute atomic E-state index is 13.5. The van der Waals surface area contributed by atoms with Gasteiger partial charge in [0.2, 0.25) is 0 Å². The van der Waals surface area contributed by atoms with Crippen LogP contribution in [0.15, 0.2) is 30.4 Å². The van der Waals surface area contributed by atoms with Gasteiger partial charge in [0.25, 0.3) is 0 Å². The zero-order valence-corrected chi connectivity index (χ0v) is 51.8. The number of carbonyl (C=O) groups is 1. The fourth-order valence-corrected chi connectivity index (χ4v) is 12.5. The van der Waals surface area contributed by atoms with Gasteiger partial charge in [0, 0.05) is 25.3 Å². The predicted octanol–water partition coefficient (Wildman–Crippen LogP) is 21.4. The summed E-state index contributed by atoms with van der Waals surface area (Å²) in [5, 5.41) is 0. The molecule has 1 aliphatic rings. The number of carbonyl (C=O) groups excluding carboxylic acids is 1. The number of allylic oxidation sites excluding steroid dienone is 4. The second kappa shape index (κ2) is 44.0. The molecule has 2 rings (SSSR count). The molecule has 0 N–H and O–H groups in total. The van der Waals surface area contributed by atoms with Gasteiger partial charge < -0.3 is 22.8 Å². The van der Waals surface area contributed by atoms with E-state index in [0.717, 1.165) is 79.6 Å². The van der Waals surface area contributed by atoms with Gasteiger partial charge in [0.1, 0.15) is 23.7 Å². The fourth-order valence-electron chi connectivity index (χ4n) is 10.8. The molecule has 7 heteroatoms. The van der Waals surface area contributed by atoms with E-state index in [1.807, 2.05) is 12.6 Å². The third-order valence-corrected chi connectivity index (χ3v) is 18.2. The summed E-state index contributed by atoms with van der Waals surface area (Å²) in [6.07, 6.45) is 58.8. The van der Waals surface area contributed by atoms with E-state index < -0.39 is 14.8 Å². The second-order valence-electron chi connectivity index (χ2n) is 24.2. The highest BCUT2D eigenvalue weighted by atomic mass is 28.4. The van der Waals surface area contributed by atoms with Crippen LogP contribution < -0.4 is 9.47 Å². The van der Waals surface area contributed by atoms with E-state index in [4.69, 9.17) is 22.8 Å². The fraction of sp³-hybridized carbons (Fsp3) is 0.836. The van der Waals surface area contributed by atoms with E-state index in [1.165, 1.54) is 211 Å². The van der Waals surface area contributed by atoms with Crippen LogP contribution in [0.2, 0.25) is 6.55 Å². The van der Waals surface area contributed by atoms with Gasteiger partial charge in [0.05, 0.1) is 0 Å². The van der Waals surface area contributed by atoms with E-state index in [2.05, 4.69) is 86.6 Å². The van der Waals surface area contributed by atoms with Crippen molar-refractivity contribution in [2.75, 3.05) is 19.8 Å². The van der Waals surface area contributed by atoms with Crippen LogP contribution in [0.3, 0.4) is 0 Å². The van der Waals surface area contributed by atoms with Gasteiger partial charge in [-0.2, -0.15) is 0 Å². The monoisotopic (exact) mass is 1050 g/mol. The maximum atomic E-state index is 13.5. The number of unbranched alkanes of at least 4 members (excludes halogenated alkanes) is 24. The molecule has 0 aromatic heterocycles. The van der Waals surface area contributed by atoms with E-state index in [-0.39, 0.29) is 12.2 Å². The Bertz CT molecular complexity index is 1530. The molecule has 74 heavy (non-hydrogen) atoms. The smallest absolute Gasteiger partial charge is 0.487 e. The zero-order valence-electron chi connectivity index (χ0n) is 50.8. The number of aryl methyl sites for hydroxylation is 1. The van der Waals surface area contributed by atoms with Crippen molar-refractivity contribution in [1.82, 2.24) is 0 Å². The molecule has 0 saturated carbocycles. The number of fused-ring (bicyclic) bond motifs is 1. The van der Waals surface area contributed by atoms with Crippen LogP contribution in [-0.2, 0) is 24.5 Å². The van der Waals surface area contributed by atoms with E-state index in [0.29, 0.717) is 19.0 Å². The Morgan fingerprint density at radius 3 is 1.46 bits per heavy atom. The van der Waals surface area contributed by atoms with Crippen molar-refractivity contribution in [3.63, 3.8) is 0 Å². The molecule has 0 bridgehead atoms. The number of hydrogen-bond donors (Lipinski definition) is 0. The summed E-state index contributed by atoms with van der Waals surface area (Å²) in [6, 6.07) is 1.98. The Morgan fingerprint density at radius 2 is 1.00 bits per heavy atom. The summed E-state index contributed by atoms with van der Waals surface area (Å²) >= 11 is 0. The first-order valence-corrected chi connectivity index (χ1v) is 34.3. The Kier molecular flexibility index (Phi) is 40.5. The lowest BCUT2D eigenvalue weighted by molar-refractivity contribution is -0.138. The van der Waals surface area contributed by atoms with E-state index in [9.17, 15) is 4.79 Å². The zero-order chi connectivity index (χ0) is 54.0. The summed E-state index contributed by atoms with van der Waals surface area (Å²) in [7, 11) is -3.09. The summed E-state index contributed by atoms with van der Waals surface area (Å²) in [5.41, 5.74) is 3.00. The SMILES string of the molecule is CCCCCCCC/C=C\CCCCCCCCO[Si](C)(OCCCCCCCC/C=C\CCCCCCCC)OCC(=O)Oc1cc(C)c2c(c1C)CC[C@@](C)(CCC[C@H](C)CCC[C@H](C)CCCC(C)C)O2. The number of ether oxygens (including phenoxy) is 2. The molecule has 1 aromatic carbocycles. The van der Waals surface area contributed by atoms with Crippen LogP contribution in [0.5, 0.6) is 11.5 Å². The first-order chi connectivity index (χ1) is 35.8. The van der Waals surface area contributed by atoms with Crippen molar-refractivity contribution in [2.45, 2.75) is 325 Å². The highest BCUT2D eigenvalue weighted by Gasteiger charge is 2.37. The number of hydrogen-bond acceptors (Lipinski definition) is 6. The summed E-state index contributed by atoms with van der Waals surface area (Å²) < 4.78 is 32.1. The van der Waals surface area contributed by atoms with Gasteiger partial charge in [-0.3, -0.25) is 0 Å². The quantitative estimate of drug-likeness (QED) is 0.0213. The minimum atomic E-state index is -3.09. The largest absolute Gasteiger partial charge is 0.498 e. The predicted molar refractivity (Wildman–Crippen MR) is 322 cm³/mol. The lowest BCUT2D eigenvalue weighted by atomic mass is 9.84. The van der Waals surface area contributed by atoms with Crippen molar-refractivity contribution in [3.05, 3.63) is 47.1 Å². The Labute approximate surface area is 461 Å². The Hall–Kier alpha value is -1.93. The average Bonchev–Trinajstić information content (AvgIpc) is 3.36.